The molecule has 5 nitrogen and oxygen atoms in total. The highest BCUT2D eigenvalue weighted by molar-refractivity contribution is 5.94. The number of alkyl carbamates (subject to hydrolysis) is 1. The van der Waals surface area contributed by atoms with E-state index in [0.29, 0.717) is 18.5 Å². The molecule has 0 aromatic heterocycles. The van der Waals surface area contributed by atoms with Crippen LogP contribution in [-0.4, -0.2) is 25.7 Å². The number of amides is 1. The Morgan fingerprint density at radius 1 is 1.42 bits per heavy atom. The molecule has 1 aliphatic rings. The smallest absolute Gasteiger partial charge is 0.413 e. The lowest BCUT2D eigenvalue weighted by Gasteiger charge is -2.22. The van der Waals surface area contributed by atoms with Gasteiger partial charge in [0.15, 0.2) is 0 Å². The number of halogens is 2. The molecule has 19 heavy (non-hydrogen) atoms. The second kappa shape index (κ2) is 5.64. The van der Waals surface area contributed by atoms with Crippen LogP contribution in [-0.2, 0) is 4.74 Å². The van der Waals surface area contributed by atoms with E-state index in [1.807, 2.05) is 0 Å². The summed E-state index contributed by atoms with van der Waals surface area (Å²) in [7, 11) is 1.23. The topological polar surface area (TPSA) is 62.7 Å². The van der Waals surface area contributed by atoms with Crippen LogP contribution in [0, 0.1) is 11.6 Å². The molecule has 1 unspecified atom stereocenters. The van der Waals surface area contributed by atoms with Crippen molar-refractivity contribution in [2.75, 3.05) is 13.7 Å². The minimum absolute atomic E-state index is 0.229. The van der Waals surface area contributed by atoms with Crippen LogP contribution >= 0.6 is 0 Å². The van der Waals surface area contributed by atoms with Gasteiger partial charge in [0.1, 0.15) is 11.6 Å². The second-order valence-corrected chi connectivity index (χ2v) is 4.03. The van der Waals surface area contributed by atoms with Gasteiger partial charge >= 0.3 is 6.09 Å². The van der Waals surface area contributed by atoms with E-state index in [0.717, 1.165) is 6.07 Å². The van der Waals surface area contributed by atoms with Crippen LogP contribution in [0.1, 0.15) is 18.0 Å². The summed E-state index contributed by atoms with van der Waals surface area (Å²) in [6, 6.07) is 2.87. The molecule has 0 bridgehead atoms. The van der Waals surface area contributed by atoms with Gasteiger partial charge in [0.25, 0.3) is 0 Å². The monoisotopic (exact) mass is 269 g/mol. The molecule has 7 heteroatoms. The highest BCUT2D eigenvalue weighted by atomic mass is 19.1. The fourth-order valence-electron chi connectivity index (χ4n) is 1.83. The summed E-state index contributed by atoms with van der Waals surface area (Å²) in [6.07, 6.45) is -0.0766. The van der Waals surface area contributed by atoms with Crippen LogP contribution in [0.25, 0.3) is 0 Å². The van der Waals surface area contributed by atoms with Crippen molar-refractivity contribution in [1.82, 2.24) is 10.6 Å². The number of ether oxygens (including phenoxy) is 1. The second-order valence-electron chi connectivity index (χ2n) is 4.03. The average molecular weight is 269 g/mol. The Morgan fingerprint density at radius 3 is 2.74 bits per heavy atom. The van der Waals surface area contributed by atoms with Crippen molar-refractivity contribution in [2.24, 2.45) is 4.99 Å². The molecule has 1 aliphatic heterocycles. The maximum atomic E-state index is 13.2. The zero-order valence-corrected chi connectivity index (χ0v) is 10.2. The predicted octanol–water partition coefficient (Wildman–Crippen LogP) is 1.71. The van der Waals surface area contributed by atoms with Crippen LogP contribution in [0.15, 0.2) is 23.2 Å². The first-order chi connectivity index (χ1) is 9.08. The predicted molar refractivity (Wildman–Crippen MR) is 64.7 cm³/mol. The molecule has 1 heterocycles. The number of aliphatic imine (C=N–C) groups is 1. The molecule has 0 saturated heterocycles. The van der Waals surface area contributed by atoms with E-state index in [4.69, 9.17) is 0 Å². The molecule has 0 spiro atoms. The van der Waals surface area contributed by atoms with E-state index in [1.165, 1.54) is 19.2 Å². The highest BCUT2D eigenvalue weighted by Crippen LogP contribution is 2.24. The minimum Gasteiger partial charge on any atom is -0.453 e. The van der Waals surface area contributed by atoms with Gasteiger partial charge in [-0.3, -0.25) is 5.32 Å². The first-order valence-corrected chi connectivity index (χ1v) is 5.71. The molecule has 0 aliphatic carbocycles. The fraction of sp³-hybridized carbons (Fsp3) is 0.333. The van der Waals surface area contributed by atoms with Gasteiger partial charge in [-0.15, -0.1) is 0 Å². The Hall–Kier alpha value is -2.18. The Bertz CT molecular complexity index is 499. The number of rotatable bonds is 1. The molecule has 1 atom stereocenters. The van der Waals surface area contributed by atoms with E-state index in [9.17, 15) is 13.6 Å². The molecule has 1 amide bonds. The third-order valence-electron chi connectivity index (χ3n) is 2.67. The van der Waals surface area contributed by atoms with Gasteiger partial charge in [-0.2, -0.15) is 0 Å². The summed E-state index contributed by atoms with van der Waals surface area (Å²) in [4.78, 5) is 15.2. The number of nitrogens with one attached hydrogen (secondary N) is 2. The first-order valence-electron chi connectivity index (χ1n) is 5.71. The normalized spacial score (nSPS) is 18.3. The van der Waals surface area contributed by atoms with Crippen LogP contribution in [0.2, 0.25) is 0 Å². The van der Waals surface area contributed by atoms with E-state index in [-0.39, 0.29) is 5.96 Å². The van der Waals surface area contributed by atoms with E-state index < -0.39 is 23.8 Å². The van der Waals surface area contributed by atoms with Gasteiger partial charge in [0, 0.05) is 12.6 Å². The molecule has 102 valence electrons. The quantitative estimate of drug-likeness (QED) is 0.815. The summed E-state index contributed by atoms with van der Waals surface area (Å²) in [5.74, 6) is -1.06. The number of carbonyl (C=O) groups is 1. The number of hydrogen-bond acceptors (Lipinski definition) is 4. The van der Waals surface area contributed by atoms with Gasteiger partial charge in [-0.1, -0.05) is 0 Å². The third kappa shape index (κ3) is 3.40. The molecule has 2 rings (SSSR count). The molecule has 2 N–H and O–H groups in total. The average Bonchev–Trinajstić information content (AvgIpc) is 2.38. The Morgan fingerprint density at radius 2 is 2.11 bits per heavy atom. The summed E-state index contributed by atoms with van der Waals surface area (Å²) < 4.78 is 30.7. The Balaban J connectivity index is 2.19. The van der Waals surface area contributed by atoms with Crippen molar-refractivity contribution >= 4 is 12.1 Å². The largest absolute Gasteiger partial charge is 0.453 e. The summed E-state index contributed by atoms with van der Waals surface area (Å²) >= 11 is 0. The lowest BCUT2D eigenvalue weighted by Crippen LogP contribution is -2.44. The van der Waals surface area contributed by atoms with Gasteiger partial charge < -0.3 is 10.1 Å². The van der Waals surface area contributed by atoms with Gasteiger partial charge in [-0.25, -0.2) is 18.6 Å². The van der Waals surface area contributed by atoms with Crippen molar-refractivity contribution in [3.63, 3.8) is 0 Å². The Kier molecular flexibility index (Phi) is 3.94. The molecule has 1 aromatic rings. The van der Waals surface area contributed by atoms with Gasteiger partial charge in [0.2, 0.25) is 5.96 Å². The number of guanidine groups is 1. The molecule has 1 aromatic carbocycles. The first kappa shape index (κ1) is 13.3. The van der Waals surface area contributed by atoms with Gasteiger partial charge in [0.05, 0.1) is 13.2 Å². The lowest BCUT2D eigenvalue weighted by molar-refractivity contribution is 0.176. The number of carbonyl (C=O) groups excluding carboxylic acids is 1. The summed E-state index contributed by atoms with van der Waals surface area (Å²) in [5, 5.41) is 5.25. The van der Waals surface area contributed by atoms with Crippen molar-refractivity contribution < 1.29 is 18.3 Å². The van der Waals surface area contributed by atoms with Crippen LogP contribution in [0.3, 0.4) is 0 Å². The van der Waals surface area contributed by atoms with Crippen molar-refractivity contribution in [3.8, 4) is 0 Å². The molecular formula is C12H13F2N3O2. The summed E-state index contributed by atoms with van der Waals surface area (Å²) in [6.45, 7) is 0.533. The SMILES string of the molecule is COC(=O)NC1=NC(c2cc(F)cc(F)c2)CCN1. The maximum Gasteiger partial charge on any atom is 0.413 e. The standard InChI is InChI=1S/C12H13F2N3O2/c1-19-12(18)17-11-15-3-2-10(16-11)7-4-8(13)6-9(14)5-7/h4-6,10H,2-3H2,1H3,(H2,15,16,17,18). The fourth-order valence-corrected chi connectivity index (χ4v) is 1.83. The highest BCUT2D eigenvalue weighted by Gasteiger charge is 2.19. The molecule has 0 saturated carbocycles. The Labute approximate surface area is 108 Å². The minimum atomic E-state index is -0.655. The number of nitrogens with zero attached hydrogens (tertiary/aromatic N) is 1. The van der Waals surface area contributed by atoms with Crippen LogP contribution in [0.4, 0.5) is 13.6 Å². The van der Waals surface area contributed by atoms with Crippen LogP contribution in [0.5, 0.6) is 0 Å². The third-order valence-corrected chi connectivity index (χ3v) is 2.67. The van der Waals surface area contributed by atoms with Gasteiger partial charge in [-0.05, 0) is 24.1 Å². The zero-order valence-electron chi connectivity index (χ0n) is 10.2. The molecule has 0 fully saturated rings. The number of benzene rings is 1. The van der Waals surface area contributed by atoms with E-state index in [1.54, 1.807) is 0 Å². The van der Waals surface area contributed by atoms with Crippen molar-refractivity contribution in [2.45, 2.75) is 12.5 Å². The maximum absolute atomic E-state index is 13.2. The zero-order chi connectivity index (χ0) is 13.8. The van der Waals surface area contributed by atoms with Crippen molar-refractivity contribution in [3.05, 3.63) is 35.4 Å². The van der Waals surface area contributed by atoms with E-state index in [2.05, 4.69) is 20.4 Å². The lowest BCUT2D eigenvalue weighted by atomic mass is 10.0. The number of methoxy groups -OCH3 is 1. The molecule has 0 radical (unpaired) electrons. The van der Waals surface area contributed by atoms with E-state index >= 15 is 0 Å². The number of hydrogen-bond donors (Lipinski definition) is 2. The van der Waals surface area contributed by atoms with Crippen molar-refractivity contribution in [1.29, 1.82) is 0 Å². The summed E-state index contributed by atoms with van der Waals surface area (Å²) in [5.41, 5.74) is 0.433. The molecular weight excluding hydrogens is 256 g/mol. The van der Waals surface area contributed by atoms with Crippen LogP contribution < -0.4 is 10.6 Å².